The van der Waals surface area contributed by atoms with E-state index < -0.39 is 0 Å². The van der Waals surface area contributed by atoms with Gasteiger partial charge in [-0.3, -0.25) is 0 Å². The minimum Gasteiger partial charge on any atom is -0.236 e. The van der Waals surface area contributed by atoms with Crippen molar-refractivity contribution < 1.29 is 0 Å². The van der Waals surface area contributed by atoms with Crippen molar-refractivity contribution in [2.24, 2.45) is 0 Å². The molecule has 0 atom stereocenters. The predicted octanol–water partition coefficient (Wildman–Crippen LogP) is 1.89. The molecule has 0 bridgehead atoms. The van der Waals surface area contributed by atoms with Crippen LogP contribution in [0.5, 0.6) is 0 Å². The molecule has 0 aliphatic carbocycles. The van der Waals surface area contributed by atoms with Gasteiger partial charge >= 0.3 is 0 Å². The molecular weight excluding hydrogens is 216 g/mol. The van der Waals surface area contributed by atoms with Gasteiger partial charge in [-0.25, -0.2) is 4.98 Å². The Kier molecular flexibility index (Phi) is 2.66. The van der Waals surface area contributed by atoms with Gasteiger partial charge in [-0.1, -0.05) is 29.2 Å². The molecule has 0 spiro atoms. The molecule has 1 nitrogen and oxygen atoms in total. The van der Waals surface area contributed by atoms with Gasteiger partial charge < -0.3 is 0 Å². The molecule has 0 fully saturated rings. The molecule has 0 amide bonds. The van der Waals surface area contributed by atoms with Crippen molar-refractivity contribution in [2.45, 2.75) is 5.88 Å². The number of halogens is 2. The Morgan fingerprint density at radius 3 is 2.79 bits per heavy atom. The lowest BCUT2D eigenvalue weighted by atomic mass is 9.94. The summed E-state index contributed by atoms with van der Waals surface area (Å²) < 4.78 is 0. The lowest BCUT2D eigenvalue weighted by molar-refractivity contribution is 1.35. The average Bonchev–Trinajstić information content (AvgIpc) is 2.15. The summed E-state index contributed by atoms with van der Waals surface area (Å²) in [5, 5.41) is 1.58. The molecule has 2 rings (SSSR count). The molecule has 0 radical (unpaired) electrons. The van der Waals surface area contributed by atoms with E-state index in [0.717, 1.165) is 16.5 Å². The third kappa shape index (κ3) is 1.72. The lowest BCUT2D eigenvalue weighted by Gasteiger charge is -2.04. The number of alkyl halides is 1. The molecule has 1 aromatic heterocycles. The number of hydrogen-bond acceptors (Lipinski definition) is 1. The van der Waals surface area contributed by atoms with Crippen molar-refractivity contribution in [2.75, 3.05) is 0 Å². The molecule has 70 valence electrons. The molecule has 0 saturated heterocycles. The maximum atomic E-state index is 5.89. The maximum absolute atomic E-state index is 5.89. The van der Waals surface area contributed by atoms with Gasteiger partial charge in [-0.2, -0.15) is 0 Å². The Bertz CT molecular complexity index is 480. The van der Waals surface area contributed by atoms with Crippen LogP contribution in [0.25, 0.3) is 10.9 Å². The van der Waals surface area contributed by atoms with E-state index >= 15 is 0 Å². The molecule has 14 heavy (non-hydrogen) atoms. The van der Waals surface area contributed by atoms with Crippen LogP contribution < -0.4 is 5.46 Å². The van der Waals surface area contributed by atoms with Crippen LogP contribution in [0.1, 0.15) is 5.56 Å². The maximum Gasteiger partial charge on any atom is 0.139 e. The number of rotatable bonds is 1. The third-order valence-corrected chi connectivity index (χ3v) is 2.65. The fourth-order valence-corrected chi connectivity index (χ4v) is 1.93. The fourth-order valence-electron chi connectivity index (χ4n) is 1.49. The highest BCUT2D eigenvalue weighted by Crippen LogP contribution is 2.21. The number of nitrogens with zero attached hydrogens (tertiary/aromatic N) is 1. The molecule has 0 N–H and O–H groups in total. The number of fused-ring (bicyclic) bond motifs is 1. The second-order valence-electron chi connectivity index (χ2n) is 3.26. The van der Waals surface area contributed by atoms with Crippen molar-refractivity contribution in [3.63, 3.8) is 0 Å². The summed E-state index contributed by atoms with van der Waals surface area (Å²) in [6.07, 6.45) is 0. The van der Waals surface area contributed by atoms with Gasteiger partial charge in [0.1, 0.15) is 13.0 Å². The molecule has 0 saturated carbocycles. The topological polar surface area (TPSA) is 12.9 Å². The Balaban J connectivity index is 2.81. The molecular formula is C10H8BCl2N. The first-order valence-corrected chi connectivity index (χ1v) is 5.23. The van der Waals surface area contributed by atoms with E-state index in [1.165, 1.54) is 5.46 Å². The van der Waals surface area contributed by atoms with E-state index in [0.29, 0.717) is 11.0 Å². The van der Waals surface area contributed by atoms with E-state index in [1.54, 1.807) is 0 Å². The quantitative estimate of drug-likeness (QED) is 0.409. The lowest BCUT2D eigenvalue weighted by Crippen LogP contribution is -2.01. The van der Waals surface area contributed by atoms with Crippen LogP contribution in [0.15, 0.2) is 24.3 Å². The highest BCUT2D eigenvalue weighted by molar-refractivity contribution is 6.33. The summed E-state index contributed by atoms with van der Waals surface area (Å²) in [6, 6.07) is 7.91. The first-order chi connectivity index (χ1) is 6.70. The van der Waals surface area contributed by atoms with Crippen molar-refractivity contribution >= 4 is 47.4 Å². The molecule has 0 aliphatic heterocycles. The second-order valence-corrected chi connectivity index (χ2v) is 3.91. The van der Waals surface area contributed by atoms with Crippen LogP contribution in [0, 0.1) is 0 Å². The highest BCUT2D eigenvalue weighted by atomic mass is 35.5. The average molecular weight is 224 g/mol. The zero-order valence-electron chi connectivity index (χ0n) is 7.72. The second kappa shape index (κ2) is 3.80. The summed E-state index contributed by atoms with van der Waals surface area (Å²) in [6.45, 7) is 0. The van der Waals surface area contributed by atoms with Crippen LogP contribution in [0.4, 0.5) is 0 Å². The number of pyridine rings is 1. The number of aromatic nitrogens is 1. The molecule has 2 aromatic rings. The van der Waals surface area contributed by atoms with Crippen molar-refractivity contribution in [1.29, 1.82) is 0 Å². The predicted molar refractivity (Wildman–Crippen MR) is 64.5 cm³/mol. The monoisotopic (exact) mass is 223 g/mol. The van der Waals surface area contributed by atoms with E-state index in [-0.39, 0.29) is 0 Å². The molecule has 1 aromatic carbocycles. The van der Waals surface area contributed by atoms with E-state index in [2.05, 4.69) is 4.98 Å². The fraction of sp³-hybridized carbons (Fsp3) is 0.100. The van der Waals surface area contributed by atoms with Gasteiger partial charge in [0.25, 0.3) is 0 Å². The normalized spacial score (nSPS) is 10.7. The Morgan fingerprint density at radius 1 is 1.29 bits per heavy atom. The van der Waals surface area contributed by atoms with Gasteiger partial charge in [0.05, 0.1) is 5.52 Å². The van der Waals surface area contributed by atoms with Crippen molar-refractivity contribution in [3.8, 4) is 0 Å². The molecule has 0 aliphatic rings. The number of benzene rings is 1. The van der Waals surface area contributed by atoms with E-state index in [4.69, 9.17) is 23.2 Å². The minimum atomic E-state index is 0.460. The van der Waals surface area contributed by atoms with Crippen LogP contribution in [0.3, 0.4) is 0 Å². The summed E-state index contributed by atoms with van der Waals surface area (Å²) in [7, 11) is 2.03. The van der Waals surface area contributed by atoms with Crippen LogP contribution in [-0.4, -0.2) is 12.8 Å². The van der Waals surface area contributed by atoms with Crippen LogP contribution in [0.2, 0.25) is 5.15 Å². The Labute approximate surface area is 93.5 Å². The summed E-state index contributed by atoms with van der Waals surface area (Å²) >= 11 is 11.7. The SMILES string of the molecule is Bc1ccc2c(CCl)cc(Cl)nc2c1. The zero-order chi connectivity index (χ0) is 10.1. The Hall–Kier alpha value is -0.725. The summed E-state index contributed by atoms with van der Waals surface area (Å²) in [5.74, 6) is 0.460. The van der Waals surface area contributed by atoms with Gasteiger partial charge in [0.15, 0.2) is 0 Å². The standard InChI is InChI=1S/C10H8BCl2N/c11-7-1-2-8-6(5-12)3-10(13)14-9(8)4-7/h1-4H,5,11H2. The van der Waals surface area contributed by atoms with E-state index in [9.17, 15) is 0 Å². The largest absolute Gasteiger partial charge is 0.236 e. The smallest absolute Gasteiger partial charge is 0.139 e. The molecule has 0 unspecified atom stereocenters. The van der Waals surface area contributed by atoms with Crippen LogP contribution >= 0.6 is 23.2 Å². The zero-order valence-corrected chi connectivity index (χ0v) is 9.23. The summed E-state index contributed by atoms with van der Waals surface area (Å²) in [4.78, 5) is 4.25. The molecule has 1 heterocycles. The first kappa shape index (κ1) is 9.82. The van der Waals surface area contributed by atoms with Crippen molar-refractivity contribution in [1.82, 2.24) is 4.98 Å². The van der Waals surface area contributed by atoms with Crippen LogP contribution in [-0.2, 0) is 5.88 Å². The number of hydrogen-bond donors (Lipinski definition) is 0. The van der Waals surface area contributed by atoms with Gasteiger partial charge in [-0.15, -0.1) is 11.6 Å². The van der Waals surface area contributed by atoms with Gasteiger partial charge in [-0.05, 0) is 17.7 Å². The Morgan fingerprint density at radius 2 is 2.07 bits per heavy atom. The highest BCUT2D eigenvalue weighted by Gasteiger charge is 2.03. The van der Waals surface area contributed by atoms with E-state index in [1.807, 2.05) is 32.1 Å². The summed E-state index contributed by atoms with van der Waals surface area (Å²) in [5.41, 5.74) is 3.11. The van der Waals surface area contributed by atoms with Gasteiger partial charge in [0.2, 0.25) is 0 Å². The van der Waals surface area contributed by atoms with Crippen molar-refractivity contribution in [3.05, 3.63) is 35.0 Å². The van der Waals surface area contributed by atoms with Gasteiger partial charge in [0, 0.05) is 11.3 Å². The molecule has 4 heteroatoms. The minimum absolute atomic E-state index is 0.460. The first-order valence-electron chi connectivity index (χ1n) is 4.32. The third-order valence-electron chi connectivity index (χ3n) is 2.16.